The van der Waals surface area contributed by atoms with Crippen molar-refractivity contribution < 1.29 is 24.6 Å². The van der Waals surface area contributed by atoms with E-state index in [1.165, 1.54) is 12.1 Å². The Bertz CT molecular complexity index is 895. The molecule has 8 heteroatoms. The van der Waals surface area contributed by atoms with Crippen LogP contribution in [0.2, 0.25) is 0 Å². The van der Waals surface area contributed by atoms with Crippen molar-refractivity contribution in [1.82, 2.24) is 16.0 Å². The molecule has 0 spiro atoms. The molecule has 8 nitrogen and oxygen atoms in total. The fourth-order valence-electron chi connectivity index (χ4n) is 3.58. The van der Waals surface area contributed by atoms with Gasteiger partial charge in [-0.25, -0.2) is 4.79 Å². The van der Waals surface area contributed by atoms with Crippen molar-refractivity contribution in [3.05, 3.63) is 65.7 Å². The van der Waals surface area contributed by atoms with Crippen LogP contribution in [0.15, 0.2) is 54.6 Å². The normalized spacial score (nSPS) is 17.5. The zero-order valence-electron chi connectivity index (χ0n) is 17.1. The topological polar surface area (TPSA) is 128 Å². The second-order valence-electron chi connectivity index (χ2n) is 7.67. The van der Waals surface area contributed by atoms with Gasteiger partial charge in [-0.05, 0) is 42.6 Å². The molecule has 3 atom stereocenters. The number of phenols is 1. The standard InChI is InChI=1S/C23H27N3O5/c27-17-10-8-16(9-11-17)14-20(23(30)31)26-22(29)19(13-15-5-2-1-3-6-15)25-21(28)18-7-4-12-24-18/h1-3,5-6,8-11,18-20,24,27H,4,7,12-14H2,(H,25,28)(H,26,29)(H,30,31). The molecule has 2 aromatic rings. The van der Waals surface area contributed by atoms with Crippen LogP contribution >= 0.6 is 0 Å². The Hall–Kier alpha value is -3.39. The van der Waals surface area contributed by atoms with Crippen molar-refractivity contribution >= 4 is 17.8 Å². The second kappa shape index (κ2) is 10.6. The molecule has 0 aromatic heterocycles. The van der Waals surface area contributed by atoms with E-state index in [4.69, 9.17) is 0 Å². The summed E-state index contributed by atoms with van der Waals surface area (Å²) in [6.45, 7) is 0.751. The molecule has 1 fully saturated rings. The van der Waals surface area contributed by atoms with Crippen LogP contribution in [0, 0.1) is 0 Å². The zero-order chi connectivity index (χ0) is 22.2. The Labute approximate surface area is 180 Å². The molecular formula is C23H27N3O5. The van der Waals surface area contributed by atoms with E-state index in [1.807, 2.05) is 30.3 Å². The lowest BCUT2D eigenvalue weighted by atomic mass is 10.0. The van der Waals surface area contributed by atoms with Gasteiger partial charge in [0.25, 0.3) is 0 Å². The molecule has 0 bridgehead atoms. The quantitative estimate of drug-likeness (QED) is 0.408. The maximum Gasteiger partial charge on any atom is 0.326 e. The van der Waals surface area contributed by atoms with Crippen molar-refractivity contribution in [3.63, 3.8) is 0 Å². The Balaban J connectivity index is 1.72. The first kappa shape index (κ1) is 22.3. The molecule has 31 heavy (non-hydrogen) atoms. The Morgan fingerprint density at radius 3 is 2.19 bits per heavy atom. The van der Waals surface area contributed by atoms with Gasteiger partial charge in [-0.2, -0.15) is 0 Å². The molecule has 1 aliphatic heterocycles. The van der Waals surface area contributed by atoms with Crippen LogP contribution in [-0.4, -0.2) is 52.7 Å². The number of hydrogen-bond acceptors (Lipinski definition) is 5. The van der Waals surface area contributed by atoms with E-state index < -0.39 is 24.0 Å². The van der Waals surface area contributed by atoms with Crippen LogP contribution < -0.4 is 16.0 Å². The van der Waals surface area contributed by atoms with Crippen LogP contribution in [0.3, 0.4) is 0 Å². The highest BCUT2D eigenvalue weighted by Gasteiger charge is 2.30. The minimum Gasteiger partial charge on any atom is -0.508 e. The summed E-state index contributed by atoms with van der Waals surface area (Å²) >= 11 is 0. The average molecular weight is 425 g/mol. The monoisotopic (exact) mass is 425 g/mol. The van der Waals surface area contributed by atoms with Gasteiger partial charge >= 0.3 is 5.97 Å². The Morgan fingerprint density at radius 1 is 0.935 bits per heavy atom. The maximum absolute atomic E-state index is 13.0. The van der Waals surface area contributed by atoms with Gasteiger partial charge in [0.15, 0.2) is 0 Å². The van der Waals surface area contributed by atoms with Crippen LogP contribution in [-0.2, 0) is 27.2 Å². The van der Waals surface area contributed by atoms with E-state index in [9.17, 15) is 24.6 Å². The first-order valence-electron chi connectivity index (χ1n) is 10.3. The predicted octanol–water partition coefficient (Wildman–Crippen LogP) is 0.984. The molecule has 1 heterocycles. The molecular weight excluding hydrogens is 398 g/mol. The van der Waals surface area contributed by atoms with Crippen molar-refractivity contribution in [3.8, 4) is 5.75 Å². The molecule has 5 N–H and O–H groups in total. The highest BCUT2D eigenvalue weighted by Crippen LogP contribution is 2.12. The highest BCUT2D eigenvalue weighted by molar-refractivity contribution is 5.92. The fraction of sp³-hybridized carbons (Fsp3) is 0.348. The molecule has 0 aliphatic carbocycles. The molecule has 1 saturated heterocycles. The van der Waals surface area contributed by atoms with E-state index in [2.05, 4.69) is 16.0 Å². The number of hydrogen-bond donors (Lipinski definition) is 5. The Kier molecular flexibility index (Phi) is 7.61. The molecule has 0 radical (unpaired) electrons. The number of carboxylic acid groups (broad SMARTS) is 1. The SMILES string of the molecule is O=C(O)C(Cc1ccc(O)cc1)NC(=O)C(Cc1ccccc1)NC(=O)C1CCCN1. The first-order chi connectivity index (χ1) is 14.9. The number of aromatic hydroxyl groups is 1. The van der Waals surface area contributed by atoms with Gasteiger partial charge in [0.2, 0.25) is 11.8 Å². The van der Waals surface area contributed by atoms with Gasteiger partial charge in [0.1, 0.15) is 17.8 Å². The lowest BCUT2D eigenvalue weighted by Crippen LogP contribution is -2.55. The van der Waals surface area contributed by atoms with Gasteiger partial charge in [0.05, 0.1) is 6.04 Å². The van der Waals surface area contributed by atoms with Crippen LogP contribution in [0.4, 0.5) is 0 Å². The van der Waals surface area contributed by atoms with E-state index in [0.717, 1.165) is 18.5 Å². The summed E-state index contributed by atoms with van der Waals surface area (Å²) in [6, 6.07) is 13.0. The van der Waals surface area contributed by atoms with Gasteiger partial charge in [-0.3, -0.25) is 9.59 Å². The summed E-state index contributed by atoms with van der Waals surface area (Å²) in [4.78, 5) is 37.4. The number of carbonyl (C=O) groups excluding carboxylic acids is 2. The fourth-order valence-corrected chi connectivity index (χ4v) is 3.58. The van der Waals surface area contributed by atoms with Gasteiger partial charge in [-0.15, -0.1) is 0 Å². The molecule has 0 saturated carbocycles. The summed E-state index contributed by atoms with van der Waals surface area (Å²) < 4.78 is 0. The molecule has 3 unspecified atom stereocenters. The summed E-state index contributed by atoms with van der Waals surface area (Å²) in [6.07, 6.45) is 1.89. The van der Waals surface area contributed by atoms with Crippen molar-refractivity contribution in [2.75, 3.05) is 6.54 Å². The third-order valence-corrected chi connectivity index (χ3v) is 5.28. The molecule has 2 aromatic carbocycles. The van der Waals surface area contributed by atoms with E-state index in [1.54, 1.807) is 12.1 Å². The largest absolute Gasteiger partial charge is 0.508 e. The Morgan fingerprint density at radius 2 is 1.58 bits per heavy atom. The number of phenolic OH excluding ortho intramolecular Hbond substituents is 1. The lowest BCUT2D eigenvalue weighted by molar-refractivity contribution is -0.142. The minimum absolute atomic E-state index is 0.0531. The number of benzene rings is 2. The van der Waals surface area contributed by atoms with Gasteiger partial charge < -0.3 is 26.2 Å². The van der Waals surface area contributed by atoms with Crippen LogP contribution in [0.1, 0.15) is 24.0 Å². The minimum atomic E-state index is -1.18. The van der Waals surface area contributed by atoms with Gasteiger partial charge in [0, 0.05) is 12.8 Å². The molecule has 3 rings (SSSR count). The maximum atomic E-state index is 13.0. The zero-order valence-corrected chi connectivity index (χ0v) is 17.1. The number of carboxylic acids is 1. The number of aliphatic carboxylic acids is 1. The predicted molar refractivity (Wildman–Crippen MR) is 114 cm³/mol. The summed E-state index contributed by atoms with van der Waals surface area (Å²) in [5, 5.41) is 27.4. The van der Waals surface area contributed by atoms with E-state index >= 15 is 0 Å². The van der Waals surface area contributed by atoms with Crippen LogP contribution in [0.25, 0.3) is 0 Å². The molecule has 164 valence electrons. The van der Waals surface area contributed by atoms with Crippen molar-refractivity contribution in [2.24, 2.45) is 0 Å². The number of rotatable bonds is 9. The van der Waals surface area contributed by atoms with E-state index in [0.29, 0.717) is 12.0 Å². The number of nitrogens with one attached hydrogen (secondary N) is 3. The van der Waals surface area contributed by atoms with Crippen molar-refractivity contribution in [2.45, 2.75) is 43.8 Å². The third kappa shape index (κ3) is 6.55. The summed E-state index contributed by atoms with van der Waals surface area (Å²) in [7, 11) is 0. The lowest BCUT2D eigenvalue weighted by Gasteiger charge is -2.23. The third-order valence-electron chi connectivity index (χ3n) is 5.28. The highest BCUT2D eigenvalue weighted by atomic mass is 16.4. The summed E-state index contributed by atoms with van der Waals surface area (Å²) in [5.41, 5.74) is 1.51. The molecule has 1 aliphatic rings. The van der Waals surface area contributed by atoms with Crippen LogP contribution in [0.5, 0.6) is 5.75 Å². The first-order valence-corrected chi connectivity index (χ1v) is 10.3. The average Bonchev–Trinajstić information content (AvgIpc) is 3.30. The van der Waals surface area contributed by atoms with Crippen molar-refractivity contribution in [1.29, 1.82) is 0 Å². The smallest absolute Gasteiger partial charge is 0.326 e. The van der Waals surface area contributed by atoms with Gasteiger partial charge in [-0.1, -0.05) is 42.5 Å². The molecule has 2 amide bonds. The van der Waals surface area contributed by atoms with E-state index in [-0.39, 0.29) is 30.5 Å². The number of carbonyl (C=O) groups is 3. The number of amides is 2. The second-order valence-corrected chi connectivity index (χ2v) is 7.67. The summed E-state index contributed by atoms with van der Waals surface area (Å²) in [5.74, 6) is -1.92.